The Hall–Kier alpha value is -0.590. The first-order valence-electron chi connectivity index (χ1n) is 4.19. The summed E-state index contributed by atoms with van der Waals surface area (Å²) in [7, 11) is 0. The molecule has 0 amide bonds. The van der Waals surface area contributed by atoms with Gasteiger partial charge in [0.25, 0.3) is 0 Å². The van der Waals surface area contributed by atoms with Crippen LogP contribution in [-0.2, 0) is 0 Å². The lowest BCUT2D eigenvalue weighted by Gasteiger charge is -2.33. The number of allylic oxidation sites excluding steroid dienone is 2. The molecule has 1 aliphatic rings. The van der Waals surface area contributed by atoms with Gasteiger partial charge >= 0.3 is 6.18 Å². The highest BCUT2D eigenvalue weighted by molar-refractivity contribution is 6.22. The number of hydrogen-bond donors (Lipinski definition) is 2. The van der Waals surface area contributed by atoms with Crippen LogP contribution in [0.15, 0.2) is 23.5 Å². The quantitative estimate of drug-likeness (QED) is 0.596. The molecule has 0 aliphatic carbocycles. The molecule has 1 rings (SSSR count). The van der Waals surface area contributed by atoms with Crippen LogP contribution >= 0.6 is 23.2 Å². The van der Waals surface area contributed by atoms with E-state index in [4.69, 9.17) is 28.9 Å². The summed E-state index contributed by atoms with van der Waals surface area (Å²) >= 11 is 11.0. The molecule has 0 aromatic rings. The van der Waals surface area contributed by atoms with Gasteiger partial charge in [0.05, 0.1) is 17.2 Å². The van der Waals surface area contributed by atoms with Gasteiger partial charge in [0.15, 0.2) is 0 Å². The maximum Gasteiger partial charge on any atom is 0.418 e. The van der Waals surface area contributed by atoms with Crippen LogP contribution in [0.2, 0.25) is 0 Å². The molecule has 92 valence electrons. The Morgan fingerprint density at radius 3 is 2.56 bits per heavy atom. The molecule has 0 spiro atoms. The van der Waals surface area contributed by atoms with E-state index in [1.165, 1.54) is 0 Å². The number of halogens is 5. The normalized spacial score (nSPS) is 23.9. The van der Waals surface area contributed by atoms with E-state index in [9.17, 15) is 18.3 Å². The first-order chi connectivity index (χ1) is 7.29. The third-order valence-electron chi connectivity index (χ3n) is 2.03. The molecule has 1 heterocycles. The highest BCUT2D eigenvalue weighted by atomic mass is 35.5. The van der Waals surface area contributed by atoms with E-state index >= 15 is 0 Å². The topological polar surface area (TPSA) is 49.5 Å². The molecule has 2 atom stereocenters. The Morgan fingerprint density at radius 1 is 1.56 bits per heavy atom. The van der Waals surface area contributed by atoms with E-state index in [-0.39, 0.29) is 5.88 Å². The molecule has 0 aromatic heterocycles. The standard InChI is InChI=1S/C8H9Cl2F3N2O/c9-3-5(16)15-2-1-4(8(11,12)13)6(14)7(15)10/h1-2,5,7,16H,3,14H2. The minimum Gasteiger partial charge on any atom is -0.399 e. The predicted octanol–water partition coefficient (Wildman–Crippen LogP) is 1.71. The average molecular weight is 277 g/mol. The number of hydrogen-bond acceptors (Lipinski definition) is 3. The van der Waals surface area contributed by atoms with Crippen molar-refractivity contribution in [1.29, 1.82) is 0 Å². The summed E-state index contributed by atoms with van der Waals surface area (Å²) in [6.45, 7) is 0. The monoisotopic (exact) mass is 276 g/mol. The van der Waals surface area contributed by atoms with Crippen LogP contribution in [0.25, 0.3) is 0 Å². The average Bonchev–Trinajstić information content (AvgIpc) is 2.19. The summed E-state index contributed by atoms with van der Waals surface area (Å²) in [5.41, 5.74) is 2.44. The second-order valence-corrected chi connectivity index (χ2v) is 3.82. The molecule has 2 unspecified atom stereocenters. The minimum atomic E-state index is -4.56. The van der Waals surface area contributed by atoms with E-state index in [1.54, 1.807) is 0 Å². The number of nitrogens with two attached hydrogens (primary N) is 1. The molecule has 0 bridgehead atoms. The van der Waals surface area contributed by atoms with Gasteiger partial charge in [0.1, 0.15) is 11.7 Å². The van der Waals surface area contributed by atoms with Crippen molar-refractivity contribution in [2.45, 2.75) is 17.9 Å². The molecular formula is C8H9Cl2F3N2O. The lowest BCUT2D eigenvalue weighted by atomic mass is 10.1. The minimum absolute atomic E-state index is 0.192. The first-order valence-corrected chi connectivity index (χ1v) is 5.16. The third-order valence-corrected chi connectivity index (χ3v) is 2.77. The highest BCUT2D eigenvalue weighted by Gasteiger charge is 2.39. The number of alkyl halides is 5. The van der Waals surface area contributed by atoms with Gasteiger partial charge in [-0.05, 0) is 6.08 Å². The smallest absolute Gasteiger partial charge is 0.399 e. The molecule has 0 saturated heterocycles. The van der Waals surface area contributed by atoms with Gasteiger partial charge in [0.2, 0.25) is 0 Å². The third kappa shape index (κ3) is 2.56. The summed E-state index contributed by atoms with van der Waals surface area (Å²) in [5.74, 6) is -0.192. The Morgan fingerprint density at radius 2 is 2.12 bits per heavy atom. The fourth-order valence-electron chi connectivity index (χ4n) is 1.21. The molecule has 0 fully saturated rings. The maximum atomic E-state index is 12.4. The fraction of sp³-hybridized carbons (Fsp3) is 0.500. The number of nitrogens with zero attached hydrogens (tertiary/aromatic N) is 1. The van der Waals surface area contributed by atoms with Crippen LogP contribution < -0.4 is 5.73 Å². The summed E-state index contributed by atoms with van der Waals surface area (Å²) in [6.07, 6.45) is -3.98. The van der Waals surface area contributed by atoms with Crippen molar-refractivity contribution in [3.63, 3.8) is 0 Å². The predicted molar refractivity (Wildman–Crippen MR) is 54.6 cm³/mol. The van der Waals surface area contributed by atoms with Crippen LogP contribution in [0.3, 0.4) is 0 Å². The van der Waals surface area contributed by atoms with Crippen molar-refractivity contribution in [2.75, 3.05) is 5.88 Å². The number of rotatable bonds is 2. The van der Waals surface area contributed by atoms with E-state index in [0.717, 1.165) is 17.2 Å². The Labute approximate surface area is 99.9 Å². The zero-order chi connectivity index (χ0) is 12.5. The molecule has 3 N–H and O–H groups in total. The van der Waals surface area contributed by atoms with Crippen molar-refractivity contribution in [2.24, 2.45) is 5.73 Å². The molecule has 0 radical (unpaired) electrons. The lowest BCUT2D eigenvalue weighted by Crippen LogP contribution is -2.43. The maximum absolute atomic E-state index is 12.4. The van der Waals surface area contributed by atoms with Gasteiger partial charge in [-0.3, -0.25) is 0 Å². The summed E-state index contributed by atoms with van der Waals surface area (Å²) in [5, 5.41) is 9.36. The van der Waals surface area contributed by atoms with Crippen LogP contribution in [0.4, 0.5) is 13.2 Å². The molecule has 0 saturated carbocycles. The van der Waals surface area contributed by atoms with Gasteiger partial charge in [-0.15, -0.1) is 11.6 Å². The van der Waals surface area contributed by atoms with E-state index in [2.05, 4.69) is 0 Å². The molecule has 1 aliphatic heterocycles. The number of aliphatic hydroxyl groups excluding tert-OH is 1. The van der Waals surface area contributed by atoms with Crippen LogP contribution in [0.1, 0.15) is 0 Å². The van der Waals surface area contributed by atoms with Crippen molar-refractivity contribution in [1.82, 2.24) is 4.90 Å². The SMILES string of the molecule is NC1=C(C(F)(F)F)C=CN(C(O)CCl)C1Cl. The largest absolute Gasteiger partial charge is 0.418 e. The second-order valence-electron chi connectivity index (χ2n) is 3.10. The first kappa shape index (κ1) is 13.5. The zero-order valence-corrected chi connectivity index (χ0v) is 9.39. The second kappa shape index (κ2) is 4.73. The fourth-order valence-corrected chi connectivity index (χ4v) is 1.68. The summed E-state index contributed by atoms with van der Waals surface area (Å²) in [6, 6.07) is 0. The molecule has 3 nitrogen and oxygen atoms in total. The zero-order valence-electron chi connectivity index (χ0n) is 7.88. The Balaban J connectivity index is 2.98. The van der Waals surface area contributed by atoms with Gasteiger partial charge in [-0.2, -0.15) is 13.2 Å². The van der Waals surface area contributed by atoms with Crippen molar-refractivity contribution >= 4 is 23.2 Å². The van der Waals surface area contributed by atoms with E-state index in [1.807, 2.05) is 0 Å². The summed E-state index contributed by atoms with van der Waals surface area (Å²) < 4.78 is 37.3. The lowest BCUT2D eigenvalue weighted by molar-refractivity contribution is -0.0905. The van der Waals surface area contributed by atoms with Crippen molar-refractivity contribution in [3.05, 3.63) is 23.5 Å². The van der Waals surface area contributed by atoms with Crippen LogP contribution in [-0.4, -0.2) is 33.8 Å². The van der Waals surface area contributed by atoms with Gasteiger partial charge in [0, 0.05) is 6.20 Å². The van der Waals surface area contributed by atoms with Crippen molar-refractivity contribution in [3.8, 4) is 0 Å². The molecule has 8 heteroatoms. The van der Waals surface area contributed by atoms with Gasteiger partial charge in [-0.1, -0.05) is 11.6 Å². The summed E-state index contributed by atoms with van der Waals surface area (Å²) in [4.78, 5) is 1.04. The Kier molecular flexibility index (Phi) is 3.98. The van der Waals surface area contributed by atoms with Crippen LogP contribution in [0.5, 0.6) is 0 Å². The molecule has 16 heavy (non-hydrogen) atoms. The van der Waals surface area contributed by atoms with Gasteiger partial charge in [-0.25, -0.2) is 0 Å². The number of aliphatic hydroxyl groups is 1. The van der Waals surface area contributed by atoms with E-state index in [0.29, 0.717) is 0 Å². The van der Waals surface area contributed by atoms with Crippen LogP contribution in [0, 0.1) is 0 Å². The Bertz CT molecular complexity index is 330. The molecule has 0 aromatic carbocycles. The highest BCUT2D eigenvalue weighted by Crippen LogP contribution is 2.34. The van der Waals surface area contributed by atoms with Crippen molar-refractivity contribution < 1.29 is 18.3 Å². The van der Waals surface area contributed by atoms with E-state index < -0.39 is 29.2 Å². The molecular weight excluding hydrogens is 268 g/mol. The van der Waals surface area contributed by atoms with Gasteiger partial charge < -0.3 is 15.7 Å².